The van der Waals surface area contributed by atoms with Gasteiger partial charge in [-0.05, 0) is 37.5 Å². The number of rotatable bonds is 6. The van der Waals surface area contributed by atoms with Crippen molar-refractivity contribution in [3.63, 3.8) is 0 Å². The highest BCUT2D eigenvalue weighted by atomic mass is 32.2. The maximum atomic E-state index is 12.3. The van der Waals surface area contributed by atoms with E-state index >= 15 is 0 Å². The molecule has 1 amide bonds. The number of hydrogen-bond acceptors (Lipinski definition) is 4. The van der Waals surface area contributed by atoms with Crippen LogP contribution in [0.15, 0.2) is 29.2 Å². The summed E-state index contributed by atoms with van der Waals surface area (Å²) in [5, 5.41) is 5.09. The Kier molecular flexibility index (Phi) is 6.37. The Hall–Kier alpha value is -1.44. The lowest BCUT2D eigenvalue weighted by molar-refractivity contribution is -0.139. The van der Waals surface area contributed by atoms with Gasteiger partial charge in [0.2, 0.25) is 15.9 Å². The lowest BCUT2D eigenvalue weighted by Crippen LogP contribution is -2.34. The van der Waals surface area contributed by atoms with Gasteiger partial charge >= 0.3 is 0 Å². The van der Waals surface area contributed by atoms with Gasteiger partial charge in [0.1, 0.15) is 6.61 Å². The minimum absolute atomic E-state index is 0.0630. The molecule has 24 heavy (non-hydrogen) atoms. The molecule has 1 saturated carbocycles. The fraction of sp³-hybridized carbons (Fsp3) is 0.588. The highest BCUT2D eigenvalue weighted by molar-refractivity contribution is 7.89. The van der Waals surface area contributed by atoms with Gasteiger partial charge in [-0.1, -0.05) is 31.4 Å². The number of carbonyl (C=O) groups excluding carboxylic acids is 1. The van der Waals surface area contributed by atoms with Crippen LogP contribution in [-0.4, -0.2) is 39.0 Å². The second-order valence-corrected chi connectivity index (χ2v) is 7.93. The van der Waals surface area contributed by atoms with Crippen molar-refractivity contribution in [3.05, 3.63) is 29.8 Å². The van der Waals surface area contributed by atoms with E-state index in [0.717, 1.165) is 18.4 Å². The lowest BCUT2D eigenvalue weighted by Gasteiger charge is -2.27. The molecule has 0 spiro atoms. The summed E-state index contributed by atoms with van der Waals surface area (Å²) in [6.45, 7) is 1.98. The maximum Gasteiger partial charge on any atom is 0.248 e. The van der Waals surface area contributed by atoms with Crippen LogP contribution in [0.2, 0.25) is 0 Å². The molecule has 0 heterocycles. The van der Waals surface area contributed by atoms with Gasteiger partial charge in [0.15, 0.2) is 0 Å². The van der Waals surface area contributed by atoms with E-state index < -0.39 is 10.0 Å². The summed E-state index contributed by atoms with van der Waals surface area (Å²) in [7, 11) is -1.98. The highest BCUT2D eigenvalue weighted by Crippen LogP contribution is 2.22. The molecule has 1 fully saturated rings. The van der Waals surface area contributed by atoms with E-state index in [0.29, 0.717) is 0 Å². The molecule has 0 aliphatic heterocycles. The molecule has 7 heteroatoms. The van der Waals surface area contributed by atoms with Crippen LogP contribution < -0.4 is 5.14 Å². The van der Waals surface area contributed by atoms with E-state index in [4.69, 9.17) is 9.88 Å². The van der Waals surface area contributed by atoms with E-state index in [2.05, 4.69) is 0 Å². The summed E-state index contributed by atoms with van der Waals surface area (Å²) in [5.41, 5.74) is 0.843. The van der Waals surface area contributed by atoms with Gasteiger partial charge < -0.3 is 9.64 Å². The molecule has 134 valence electrons. The average molecular weight is 354 g/mol. The van der Waals surface area contributed by atoms with Crippen molar-refractivity contribution in [2.45, 2.75) is 56.1 Å². The molecule has 0 saturated heterocycles. The first-order chi connectivity index (χ1) is 11.3. The molecule has 1 atom stereocenters. The number of likely N-dealkylation sites (N-methyl/N-ethyl adjacent to an activating group) is 1. The molecule has 0 bridgehead atoms. The molecule has 0 radical (unpaired) electrons. The van der Waals surface area contributed by atoms with Gasteiger partial charge in [-0.15, -0.1) is 0 Å². The maximum absolute atomic E-state index is 12.3. The van der Waals surface area contributed by atoms with E-state index in [1.165, 1.54) is 31.4 Å². The molecule has 2 N–H and O–H groups in total. The molecule has 2 rings (SSSR count). The predicted octanol–water partition coefficient (Wildman–Crippen LogP) is 2.20. The average Bonchev–Trinajstić information content (AvgIpc) is 2.58. The van der Waals surface area contributed by atoms with Crippen LogP contribution in [-0.2, 0) is 19.6 Å². The van der Waals surface area contributed by atoms with Crippen LogP contribution in [0.5, 0.6) is 0 Å². The summed E-state index contributed by atoms with van der Waals surface area (Å²) in [6, 6.07) is 6.09. The zero-order chi connectivity index (χ0) is 17.7. The molecule has 1 aromatic carbocycles. The molecular weight excluding hydrogens is 328 g/mol. The second kappa shape index (κ2) is 8.09. The van der Waals surface area contributed by atoms with Gasteiger partial charge in [-0.25, -0.2) is 13.6 Å². The van der Waals surface area contributed by atoms with Crippen LogP contribution in [0, 0.1) is 0 Å². The van der Waals surface area contributed by atoms with E-state index in [1.807, 2.05) is 6.92 Å². The molecule has 1 unspecified atom stereocenters. The topological polar surface area (TPSA) is 89.7 Å². The van der Waals surface area contributed by atoms with E-state index in [9.17, 15) is 13.2 Å². The van der Waals surface area contributed by atoms with Crippen LogP contribution in [0.4, 0.5) is 0 Å². The number of carbonyl (C=O) groups is 1. The second-order valence-electron chi connectivity index (χ2n) is 6.37. The quantitative estimate of drug-likeness (QED) is 0.848. The highest BCUT2D eigenvalue weighted by Gasteiger charge is 2.21. The van der Waals surface area contributed by atoms with Crippen molar-refractivity contribution in [3.8, 4) is 0 Å². The largest absolute Gasteiger partial charge is 0.368 e. The monoisotopic (exact) mass is 354 g/mol. The summed E-state index contributed by atoms with van der Waals surface area (Å²) < 4.78 is 28.3. The fourth-order valence-corrected chi connectivity index (χ4v) is 3.41. The first-order valence-electron chi connectivity index (χ1n) is 8.29. The summed E-state index contributed by atoms with van der Waals surface area (Å²) in [6.07, 6.45) is 5.84. The smallest absolute Gasteiger partial charge is 0.248 e. The number of nitrogens with zero attached hydrogens (tertiary/aromatic N) is 1. The Labute approximate surface area is 144 Å². The minimum Gasteiger partial charge on any atom is -0.368 e. The molecule has 1 aromatic rings. The summed E-state index contributed by atoms with van der Waals surface area (Å²) in [4.78, 5) is 14.0. The van der Waals surface area contributed by atoms with Crippen LogP contribution in [0.25, 0.3) is 0 Å². The molecular formula is C17H26N2O4S. The Morgan fingerprint density at radius 1 is 1.25 bits per heavy atom. The SMILES string of the molecule is CC(c1ccc(S(N)(=O)=O)cc1)N(C)C(=O)COC1CCCCC1. The predicted molar refractivity (Wildman–Crippen MR) is 91.8 cm³/mol. The first-order valence-corrected chi connectivity index (χ1v) is 9.83. The normalized spacial score (nSPS) is 17.5. The Balaban J connectivity index is 1.92. The van der Waals surface area contributed by atoms with Crippen molar-refractivity contribution in [1.82, 2.24) is 4.90 Å². The van der Waals surface area contributed by atoms with Gasteiger partial charge in [0.25, 0.3) is 0 Å². The standard InChI is InChI=1S/C17H26N2O4S/c1-13(14-8-10-16(11-9-14)24(18,21)22)19(2)17(20)12-23-15-6-4-3-5-7-15/h8-11,13,15H,3-7,12H2,1-2H3,(H2,18,21,22). The zero-order valence-corrected chi connectivity index (χ0v) is 15.1. The lowest BCUT2D eigenvalue weighted by atomic mass is 9.98. The van der Waals surface area contributed by atoms with E-state index in [1.54, 1.807) is 24.1 Å². The van der Waals surface area contributed by atoms with Gasteiger partial charge in [-0.2, -0.15) is 0 Å². The third-order valence-electron chi connectivity index (χ3n) is 4.66. The van der Waals surface area contributed by atoms with Crippen molar-refractivity contribution in [1.29, 1.82) is 0 Å². The summed E-state index contributed by atoms with van der Waals surface area (Å²) >= 11 is 0. The van der Waals surface area contributed by atoms with Gasteiger partial charge in [0, 0.05) is 7.05 Å². The van der Waals surface area contributed by atoms with Crippen molar-refractivity contribution in [2.24, 2.45) is 5.14 Å². The number of benzene rings is 1. The Bertz CT molecular complexity index is 652. The molecule has 1 aliphatic carbocycles. The van der Waals surface area contributed by atoms with Crippen molar-refractivity contribution in [2.75, 3.05) is 13.7 Å². The van der Waals surface area contributed by atoms with Gasteiger partial charge in [-0.3, -0.25) is 4.79 Å². The third-order valence-corrected chi connectivity index (χ3v) is 5.59. The third kappa shape index (κ3) is 5.03. The molecule has 0 aromatic heterocycles. The molecule has 6 nitrogen and oxygen atoms in total. The van der Waals surface area contributed by atoms with Crippen LogP contribution >= 0.6 is 0 Å². The Morgan fingerprint density at radius 2 is 1.83 bits per heavy atom. The first kappa shape index (κ1) is 18.9. The van der Waals surface area contributed by atoms with Crippen molar-refractivity contribution >= 4 is 15.9 Å². The zero-order valence-electron chi connectivity index (χ0n) is 14.3. The number of nitrogens with two attached hydrogens (primary N) is 1. The fourth-order valence-electron chi connectivity index (χ4n) is 2.90. The number of ether oxygens (including phenoxy) is 1. The number of amides is 1. The van der Waals surface area contributed by atoms with Crippen LogP contribution in [0.1, 0.15) is 50.6 Å². The summed E-state index contributed by atoms with van der Waals surface area (Å²) in [5.74, 6) is -0.0800. The number of primary sulfonamides is 1. The van der Waals surface area contributed by atoms with E-state index in [-0.39, 0.29) is 29.6 Å². The molecule has 1 aliphatic rings. The Morgan fingerprint density at radius 3 is 2.38 bits per heavy atom. The van der Waals surface area contributed by atoms with Crippen LogP contribution in [0.3, 0.4) is 0 Å². The van der Waals surface area contributed by atoms with Gasteiger partial charge in [0.05, 0.1) is 17.0 Å². The van der Waals surface area contributed by atoms with Crippen molar-refractivity contribution < 1.29 is 17.9 Å². The number of hydrogen-bond donors (Lipinski definition) is 1. The number of sulfonamides is 1. The minimum atomic E-state index is -3.70.